The Labute approximate surface area is 179 Å². The van der Waals surface area contributed by atoms with Crippen molar-refractivity contribution >= 4 is 38.2 Å². The van der Waals surface area contributed by atoms with Gasteiger partial charge in [-0.05, 0) is 61.9 Å². The molecule has 1 atom stereocenters. The Morgan fingerprint density at radius 2 is 1.93 bits per heavy atom. The third kappa shape index (κ3) is 3.59. The number of sulfonamides is 1. The van der Waals surface area contributed by atoms with E-state index in [0.29, 0.717) is 29.2 Å². The maximum atomic E-state index is 13.1. The smallest absolute Gasteiger partial charge is 0.251 e. The van der Waals surface area contributed by atoms with Gasteiger partial charge in [0.1, 0.15) is 16.8 Å². The number of anilines is 1. The predicted molar refractivity (Wildman–Crippen MR) is 113 cm³/mol. The molecule has 0 bridgehead atoms. The molecule has 1 aromatic heterocycles. The van der Waals surface area contributed by atoms with E-state index in [2.05, 4.69) is 5.32 Å². The van der Waals surface area contributed by atoms with Gasteiger partial charge in [0, 0.05) is 11.4 Å². The SMILES string of the molecule is COc1ccc(S(=O)(=O)N2CCCC2C(=O)Nc2sc3c(c2C(N)=O)CCC3)cc1. The Hall–Kier alpha value is -2.43. The van der Waals surface area contributed by atoms with Crippen LogP contribution in [0.1, 0.15) is 40.1 Å². The summed E-state index contributed by atoms with van der Waals surface area (Å²) in [6, 6.07) is 5.25. The highest BCUT2D eigenvalue weighted by molar-refractivity contribution is 7.89. The van der Waals surface area contributed by atoms with Crippen LogP contribution in [0.4, 0.5) is 5.00 Å². The summed E-state index contributed by atoms with van der Waals surface area (Å²) in [5.41, 5.74) is 6.84. The predicted octanol–water partition coefficient (Wildman–Crippen LogP) is 2.14. The van der Waals surface area contributed by atoms with Gasteiger partial charge >= 0.3 is 0 Å². The topological polar surface area (TPSA) is 119 Å². The zero-order valence-corrected chi connectivity index (χ0v) is 18.1. The van der Waals surface area contributed by atoms with Crippen molar-refractivity contribution < 1.29 is 22.7 Å². The van der Waals surface area contributed by atoms with Crippen LogP contribution in [0, 0.1) is 0 Å². The van der Waals surface area contributed by atoms with Crippen LogP contribution < -0.4 is 15.8 Å². The highest BCUT2D eigenvalue weighted by atomic mass is 32.2. The quantitative estimate of drug-likeness (QED) is 0.700. The summed E-state index contributed by atoms with van der Waals surface area (Å²) < 4.78 is 32.6. The summed E-state index contributed by atoms with van der Waals surface area (Å²) in [6.45, 7) is 0.260. The van der Waals surface area contributed by atoms with E-state index in [9.17, 15) is 18.0 Å². The minimum absolute atomic E-state index is 0.107. The molecule has 1 aliphatic carbocycles. The van der Waals surface area contributed by atoms with Gasteiger partial charge in [-0.15, -0.1) is 11.3 Å². The Morgan fingerprint density at radius 3 is 2.60 bits per heavy atom. The molecule has 1 unspecified atom stereocenters. The zero-order valence-electron chi connectivity index (χ0n) is 16.5. The maximum Gasteiger partial charge on any atom is 0.251 e. The molecule has 3 N–H and O–H groups in total. The van der Waals surface area contributed by atoms with E-state index in [0.717, 1.165) is 29.7 Å². The Balaban J connectivity index is 1.58. The number of amides is 2. The van der Waals surface area contributed by atoms with Crippen molar-refractivity contribution in [3.05, 3.63) is 40.3 Å². The summed E-state index contributed by atoms with van der Waals surface area (Å²) in [7, 11) is -2.34. The third-order valence-electron chi connectivity index (χ3n) is 5.58. The van der Waals surface area contributed by atoms with Gasteiger partial charge in [0.05, 0.1) is 17.6 Å². The van der Waals surface area contributed by atoms with Crippen molar-refractivity contribution in [3.63, 3.8) is 0 Å². The molecule has 10 heteroatoms. The van der Waals surface area contributed by atoms with E-state index in [1.54, 1.807) is 12.1 Å². The molecular formula is C20H23N3O5S2. The molecule has 2 aliphatic rings. The summed E-state index contributed by atoms with van der Waals surface area (Å²) >= 11 is 1.36. The van der Waals surface area contributed by atoms with Crippen molar-refractivity contribution in [2.75, 3.05) is 19.0 Å². The molecule has 1 aliphatic heterocycles. The lowest BCUT2D eigenvalue weighted by Gasteiger charge is -2.23. The molecule has 2 heterocycles. The molecule has 0 saturated carbocycles. The number of nitrogens with one attached hydrogen (secondary N) is 1. The number of thiophene rings is 1. The molecule has 160 valence electrons. The van der Waals surface area contributed by atoms with Crippen LogP contribution in [0.15, 0.2) is 29.2 Å². The van der Waals surface area contributed by atoms with Crippen molar-refractivity contribution in [1.29, 1.82) is 0 Å². The second-order valence-electron chi connectivity index (χ2n) is 7.36. The molecular weight excluding hydrogens is 426 g/mol. The molecule has 0 radical (unpaired) electrons. The van der Waals surface area contributed by atoms with Crippen LogP contribution in [0.5, 0.6) is 5.75 Å². The van der Waals surface area contributed by atoms with E-state index in [1.165, 1.54) is 34.9 Å². The van der Waals surface area contributed by atoms with E-state index in [-0.39, 0.29) is 11.4 Å². The first-order valence-electron chi connectivity index (χ1n) is 9.74. The number of rotatable bonds is 6. The van der Waals surface area contributed by atoms with Gasteiger partial charge in [-0.1, -0.05) is 0 Å². The summed E-state index contributed by atoms with van der Waals surface area (Å²) in [6.07, 6.45) is 3.58. The van der Waals surface area contributed by atoms with E-state index in [1.807, 2.05) is 0 Å². The van der Waals surface area contributed by atoms with Crippen molar-refractivity contribution in [2.45, 2.75) is 43.0 Å². The minimum Gasteiger partial charge on any atom is -0.497 e. The Morgan fingerprint density at radius 1 is 1.20 bits per heavy atom. The fourth-order valence-corrected chi connectivity index (χ4v) is 7.08. The fourth-order valence-electron chi connectivity index (χ4n) is 4.12. The highest BCUT2D eigenvalue weighted by Crippen LogP contribution is 2.39. The first-order valence-corrected chi connectivity index (χ1v) is 12.0. The van der Waals surface area contributed by atoms with Crippen LogP contribution in [0.2, 0.25) is 0 Å². The average molecular weight is 450 g/mol. The summed E-state index contributed by atoms with van der Waals surface area (Å²) in [5.74, 6) is -0.458. The molecule has 8 nitrogen and oxygen atoms in total. The van der Waals surface area contributed by atoms with Gasteiger partial charge < -0.3 is 15.8 Å². The zero-order chi connectivity index (χ0) is 21.5. The number of benzene rings is 1. The first kappa shape index (κ1) is 20.8. The molecule has 2 aromatic rings. The standard InChI is InChI=1S/C20H23N3O5S2/c1-28-12-7-9-13(10-8-12)30(26,27)23-11-3-5-15(23)19(25)22-20-17(18(21)24)14-4-2-6-16(14)29-20/h7-10,15H,2-6,11H2,1H3,(H2,21,24)(H,22,25). The number of nitrogens with zero attached hydrogens (tertiary/aromatic N) is 1. The molecule has 0 spiro atoms. The molecule has 1 aromatic carbocycles. The fraction of sp³-hybridized carbons (Fsp3) is 0.400. The monoisotopic (exact) mass is 449 g/mol. The van der Waals surface area contributed by atoms with Gasteiger partial charge in [0.15, 0.2) is 0 Å². The van der Waals surface area contributed by atoms with Crippen LogP contribution in [0.25, 0.3) is 0 Å². The lowest BCUT2D eigenvalue weighted by atomic mass is 10.1. The number of carbonyl (C=O) groups excluding carboxylic acids is 2. The first-order chi connectivity index (χ1) is 14.3. The van der Waals surface area contributed by atoms with Gasteiger partial charge in [-0.3, -0.25) is 9.59 Å². The van der Waals surface area contributed by atoms with Crippen LogP contribution in [-0.4, -0.2) is 44.2 Å². The Bertz CT molecular complexity index is 1090. The molecule has 1 fully saturated rings. The van der Waals surface area contributed by atoms with Gasteiger partial charge in [-0.25, -0.2) is 8.42 Å². The number of nitrogens with two attached hydrogens (primary N) is 1. The lowest BCUT2D eigenvalue weighted by molar-refractivity contribution is -0.119. The lowest BCUT2D eigenvalue weighted by Crippen LogP contribution is -2.43. The molecule has 2 amide bonds. The summed E-state index contributed by atoms with van der Waals surface area (Å²) in [5, 5.41) is 3.21. The third-order valence-corrected chi connectivity index (χ3v) is 8.71. The number of hydrogen-bond donors (Lipinski definition) is 2. The minimum atomic E-state index is -3.84. The maximum absolute atomic E-state index is 13.1. The van der Waals surface area contributed by atoms with Crippen molar-refractivity contribution in [2.24, 2.45) is 5.73 Å². The number of fused-ring (bicyclic) bond motifs is 1. The van der Waals surface area contributed by atoms with Crippen LogP contribution in [0.3, 0.4) is 0 Å². The van der Waals surface area contributed by atoms with Crippen molar-refractivity contribution in [1.82, 2.24) is 4.31 Å². The van der Waals surface area contributed by atoms with E-state index < -0.39 is 27.9 Å². The molecule has 30 heavy (non-hydrogen) atoms. The Kier molecular flexibility index (Phi) is 5.56. The molecule has 1 saturated heterocycles. The number of aryl methyl sites for hydroxylation is 1. The van der Waals surface area contributed by atoms with Crippen LogP contribution in [-0.2, 0) is 27.7 Å². The largest absolute Gasteiger partial charge is 0.497 e. The number of primary amides is 1. The van der Waals surface area contributed by atoms with Crippen molar-refractivity contribution in [3.8, 4) is 5.75 Å². The summed E-state index contributed by atoms with van der Waals surface area (Å²) in [4.78, 5) is 26.2. The number of ether oxygens (including phenoxy) is 1. The molecule has 4 rings (SSSR count). The second-order valence-corrected chi connectivity index (χ2v) is 10.4. The highest BCUT2D eigenvalue weighted by Gasteiger charge is 2.40. The van der Waals surface area contributed by atoms with Gasteiger partial charge in [0.25, 0.3) is 5.91 Å². The number of hydrogen-bond acceptors (Lipinski definition) is 6. The van der Waals surface area contributed by atoms with Gasteiger partial charge in [-0.2, -0.15) is 4.31 Å². The number of methoxy groups -OCH3 is 1. The number of carbonyl (C=O) groups is 2. The average Bonchev–Trinajstić information content (AvgIpc) is 3.43. The van der Waals surface area contributed by atoms with E-state index in [4.69, 9.17) is 10.5 Å². The second kappa shape index (κ2) is 8.01. The normalized spacial score (nSPS) is 18.9. The van der Waals surface area contributed by atoms with Gasteiger partial charge in [0.2, 0.25) is 15.9 Å². The van der Waals surface area contributed by atoms with E-state index >= 15 is 0 Å². The van der Waals surface area contributed by atoms with Crippen LogP contribution >= 0.6 is 11.3 Å².